The molecule has 0 aliphatic rings. The van der Waals surface area contributed by atoms with E-state index in [2.05, 4.69) is 10.6 Å². The van der Waals surface area contributed by atoms with Crippen LogP contribution in [0.25, 0.3) is 0 Å². The van der Waals surface area contributed by atoms with E-state index < -0.39 is 5.91 Å². The van der Waals surface area contributed by atoms with Gasteiger partial charge in [-0.05, 0) is 30.7 Å². The second kappa shape index (κ2) is 9.13. The van der Waals surface area contributed by atoms with Gasteiger partial charge in [-0.25, -0.2) is 0 Å². The van der Waals surface area contributed by atoms with E-state index in [1.807, 2.05) is 12.1 Å². The first kappa shape index (κ1) is 16.2. The average molecular weight is 284 g/mol. The van der Waals surface area contributed by atoms with Gasteiger partial charge in [0.2, 0.25) is 0 Å². The Morgan fingerprint density at radius 1 is 1.33 bits per heavy atom. The zero-order valence-electron chi connectivity index (χ0n) is 11.7. The fraction of sp³-hybridized carbons (Fsp3) is 0.267. The Bertz CT molecular complexity index is 579. The van der Waals surface area contributed by atoms with Crippen LogP contribution in [0.3, 0.4) is 0 Å². The first-order chi connectivity index (χ1) is 10.2. The van der Waals surface area contributed by atoms with Gasteiger partial charge in [-0.2, -0.15) is 10.5 Å². The van der Waals surface area contributed by atoms with Crippen LogP contribution in [-0.4, -0.2) is 26.2 Å². The number of hydrogen-bond acceptors (Lipinski definition) is 5. The Morgan fingerprint density at radius 3 is 2.62 bits per heavy atom. The third-order valence-corrected chi connectivity index (χ3v) is 2.57. The molecule has 6 heteroatoms. The van der Waals surface area contributed by atoms with Crippen LogP contribution in [0, 0.1) is 22.7 Å². The van der Waals surface area contributed by atoms with Crippen molar-refractivity contribution in [1.29, 1.82) is 10.5 Å². The standard InChI is InChI=1S/C15H16N4O2/c1-21-8-2-7-18-15(20)13(10-17)11-19-14-5-3-12(9-16)4-6-14/h3-6,11,19H,2,7-8H2,1H3,(H,18,20)/b13-11-. The topological polar surface area (TPSA) is 97.9 Å². The van der Waals surface area contributed by atoms with E-state index >= 15 is 0 Å². The molecule has 0 saturated carbocycles. The molecule has 0 aliphatic heterocycles. The lowest BCUT2D eigenvalue weighted by Gasteiger charge is -2.05. The van der Waals surface area contributed by atoms with E-state index in [9.17, 15) is 4.79 Å². The van der Waals surface area contributed by atoms with Crippen LogP contribution in [0.4, 0.5) is 5.69 Å². The first-order valence-electron chi connectivity index (χ1n) is 6.35. The van der Waals surface area contributed by atoms with E-state index in [-0.39, 0.29) is 5.57 Å². The van der Waals surface area contributed by atoms with Crippen molar-refractivity contribution in [3.05, 3.63) is 41.6 Å². The molecule has 0 aliphatic carbocycles. The Balaban J connectivity index is 2.56. The second-order valence-electron chi connectivity index (χ2n) is 4.11. The lowest BCUT2D eigenvalue weighted by molar-refractivity contribution is -0.117. The highest BCUT2D eigenvalue weighted by molar-refractivity contribution is 5.97. The predicted octanol–water partition coefficient (Wildman–Crippen LogP) is 1.53. The predicted molar refractivity (Wildman–Crippen MR) is 78.0 cm³/mol. The molecular formula is C15H16N4O2. The highest BCUT2D eigenvalue weighted by atomic mass is 16.5. The van der Waals surface area contributed by atoms with Crippen LogP contribution < -0.4 is 10.6 Å². The normalized spacial score (nSPS) is 10.3. The summed E-state index contributed by atoms with van der Waals surface area (Å²) in [5, 5.41) is 23.1. The Morgan fingerprint density at radius 2 is 2.05 bits per heavy atom. The fourth-order valence-corrected chi connectivity index (χ4v) is 1.46. The van der Waals surface area contributed by atoms with Crippen LogP contribution in [-0.2, 0) is 9.53 Å². The summed E-state index contributed by atoms with van der Waals surface area (Å²) < 4.78 is 4.87. The number of carbonyl (C=O) groups excluding carboxylic acids is 1. The molecule has 0 aromatic heterocycles. The van der Waals surface area contributed by atoms with Crippen molar-refractivity contribution in [2.75, 3.05) is 25.6 Å². The minimum atomic E-state index is -0.435. The Hall–Kier alpha value is -2.83. The lowest BCUT2D eigenvalue weighted by atomic mass is 10.2. The van der Waals surface area contributed by atoms with Crippen molar-refractivity contribution in [3.8, 4) is 12.1 Å². The van der Waals surface area contributed by atoms with Crippen molar-refractivity contribution < 1.29 is 9.53 Å². The molecule has 0 heterocycles. The number of methoxy groups -OCH3 is 1. The number of amides is 1. The zero-order valence-corrected chi connectivity index (χ0v) is 11.7. The molecule has 1 aromatic rings. The van der Waals surface area contributed by atoms with Gasteiger partial charge in [0.15, 0.2) is 0 Å². The van der Waals surface area contributed by atoms with Crippen molar-refractivity contribution >= 4 is 11.6 Å². The maximum atomic E-state index is 11.7. The quantitative estimate of drug-likeness (QED) is 0.449. The molecule has 0 atom stereocenters. The molecule has 0 unspecified atom stereocenters. The average Bonchev–Trinajstić information content (AvgIpc) is 2.52. The number of nitriles is 2. The van der Waals surface area contributed by atoms with E-state index in [1.54, 1.807) is 31.4 Å². The van der Waals surface area contributed by atoms with Gasteiger partial charge in [0.1, 0.15) is 11.6 Å². The SMILES string of the molecule is COCCCNC(=O)/C(C#N)=C\Nc1ccc(C#N)cc1. The summed E-state index contributed by atoms with van der Waals surface area (Å²) in [6.07, 6.45) is 2.02. The molecule has 1 amide bonds. The highest BCUT2D eigenvalue weighted by Crippen LogP contribution is 2.09. The van der Waals surface area contributed by atoms with Gasteiger partial charge in [0.05, 0.1) is 11.6 Å². The van der Waals surface area contributed by atoms with E-state index in [0.29, 0.717) is 30.8 Å². The summed E-state index contributed by atoms with van der Waals surface area (Å²) >= 11 is 0. The van der Waals surface area contributed by atoms with Gasteiger partial charge < -0.3 is 15.4 Å². The van der Waals surface area contributed by atoms with Gasteiger partial charge in [0, 0.05) is 32.1 Å². The largest absolute Gasteiger partial charge is 0.385 e. The summed E-state index contributed by atoms with van der Waals surface area (Å²) in [7, 11) is 1.59. The number of ether oxygens (including phenoxy) is 1. The van der Waals surface area contributed by atoms with E-state index in [0.717, 1.165) is 0 Å². The number of hydrogen-bond donors (Lipinski definition) is 2. The van der Waals surface area contributed by atoms with Gasteiger partial charge in [0.25, 0.3) is 5.91 Å². The summed E-state index contributed by atoms with van der Waals surface area (Å²) in [5.41, 5.74) is 1.21. The minimum absolute atomic E-state index is 0.0169. The van der Waals surface area contributed by atoms with Crippen LogP contribution >= 0.6 is 0 Å². The molecule has 0 bridgehead atoms. The van der Waals surface area contributed by atoms with Crippen molar-refractivity contribution in [2.45, 2.75) is 6.42 Å². The van der Waals surface area contributed by atoms with Crippen LogP contribution in [0.5, 0.6) is 0 Å². The minimum Gasteiger partial charge on any atom is -0.385 e. The monoisotopic (exact) mass is 284 g/mol. The van der Waals surface area contributed by atoms with Gasteiger partial charge in [-0.3, -0.25) is 4.79 Å². The molecular weight excluding hydrogens is 268 g/mol. The number of benzene rings is 1. The lowest BCUT2D eigenvalue weighted by Crippen LogP contribution is -2.26. The summed E-state index contributed by atoms with van der Waals surface area (Å²) in [4.78, 5) is 11.7. The highest BCUT2D eigenvalue weighted by Gasteiger charge is 2.07. The van der Waals surface area contributed by atoms with Crippen LogP contribution in [0.2, 0.25) is 0 Å². The molecule has 0 radical (unpaired) electrons. The van der Waals surface area contributed by atoms with Crippen molar-refractivity contribution in [2.24, 2.45) is 0 Å². The molecule has 1 aromatic carbocycles. The third-order valence-electron chi connectivity index (χ3n) is 2.57. The molecule has 0 fully saturated rings. The van der Waals surface area contributed by atoms with Crippen molar-refractivity contribution in [1.82, 2.24) is 5.32 Å². The van der Waals surface area contributed by atoms with E-state index in [1.165, 1.54) is 6.20 Å². The first-order valence-corrected chi connectivity index (χ1v) is 6.35. The van der Waals surface area contributed by atoms with E-state index in [4.69, 9.17) is 15.3 Å². The number of rotatable bonds is 7. The molecule has 6 nitrogen and oxygen atoms in total. The Kier molecular flexibility index (Phi) is 7.06. The van der Waals surface area contributed by atoms with Gasteiger partial charge in [-0.1, -0.05) is 0 Å². The number of anilines is 1. The summed E-state index contributed by atoms with van der Waals surface area (Å²) in [6, 6.07) is 10.5. The van der Waals surface area contributed by atoms with Crippen molar-refractivity contribution in [3.63, 3.8) is 0 Å². The molecule has 2 N–H and O–H groups in total. The smallest absolute Gasteiger partial charge is 0.263 e. The second-order valence-corrected chi connectivity index (χ2v) is 4.11. The fourth-order valence-electron chi connectivity index (χ4n) is 1.46. The zero-order chi connectivity index (χ0) is 15.5. The van der Waals surface area contributed by atoms with Gasteiger partial charge >= 0.3 is 0 Å². The molecule has 21 heavy (non-hydrogen) atoms. The number of nitrogens with one attached hydrogen (secondary N) is 2. The van der Waals surface area contributed by atoms with Crippen LogP contribution in [0.1, 0.15) is 12.0 Å². The third kappa shape index (κ3) is 5.77. The molecule has 108 valence electrons. The maximum Gasteiger partial charge on any atom is 0.263 e. The number of carbonyl (C=O) groups is 1. The summed E-state index contributed by atoms with van der Waals surface area (Å²) in [6.45, 7) is 0.998. The van der Waals surface area contributed by atoms with Crippen LogP contribution in [0.15, 0.2) is 36.0 Å². The summed E-state index contributed by atoms with van der Waals surface area (Å²) in [5.74, 6) is -0.435. The Labute approximate surface area is 123 Å². The van der Waals surface area contributed by atoms with Gasteiger partial charge in [-0.15, -0.1) is 0 Å². The molecule has 0 saturated heterocycles. The molecule has 1 rings (SSSR count). The maximum absolute atomic E-state index is 11.7. The molecule has 0 spiro atoms. The number of nitrogens with zero attached hydrogens (tertiary/aromatic N) is 2.